The Hall–Kier alpha value is -0.520. The smallest absolute Gasteiger partial charge is 0.139 e. The summed E-state index contributed by atoms with van der Waals surface area (Å²) in [6, 6.07) is 5.22. The van der Waals surface area contributed by atoms with Gasteiger partial charge in [-0.15, -0.1) is 0 Å². The molecule has 1 aliphatic heterocycles. The summed E-state index contributed by atoms with van der Waals surface area (Å²) in [4.78, 5) is 0. The molecule has 2 rings (SSSR count). The highest BCUT2D eigenvalue weighted by molar-refractivity contribution is 6.34. The number of nitrogens with one attached hydrogen (secondary N) is 1. The Morgan fingerprint density at radius 2 is 2.29 bits per heavy atom. The van der Waals surface area contributed by atoms with Crippen LogP contribution in [-0.4, -0.2) is 43.1 Å². The van der Waals surface area contributed by atoms with Gasteiger partial charge in [-0.1, -0.05) is 23.2 Å². The maximum atomic E-state index is 9.96. The van der Waals surface area contributed by atoms with Gasteiger partial charge in [0.25, 0.3) is 0 Å². The second-order valence-electron chi connectivity index (χ2n) is 5.29. The lowest BCUT2D eigenvalue weighted by Gasteiger charge is -2.22. The first kappa shape index (κ1) is 16.8. The van der Waals surface area contributed by atoms with Gasteiger partial charge >= 0.3 is 0 Å². The van der Waals surface area contributed by atoms with Crippen LogP contribution in [0, 0.1) is 0 Å². The van der Waals surface area contributed by atoms with Crippen LogP contribution < -0.4 is 10.1 Å². The van der Waals surface area contributed by atoms with Gasteiger partial charge in [-0.25, -0.2) is 0 Å². The van der Waals surface area contributed by atoms with Crippen molar-refractivity contribution < 1.29 is 14.6 Å². The summed E-state index contributed by atoms with van der Waals surface area (Å²) in [5, 5.41) is 14.3. The lowest BCUT2D eigenvalue weighted by atomic mass is 10.1. The fourth-order valence-corrected chi connectivity index (χ4v) is 2.62. The van der Waals surface area contributed by atoms with Crippen LogP contribution in [0.1, 0.15) is 19.8 Å². The first-order valence-corrected chi connectivity index (χ1v) is 7.92. The molecule has 21 heavy (non-hydrogen) atoms. The van der Waals surface area contributed by atoms with Crippen molar-refractivity contribution in [2.45, 2.75) is 38.0 Å². The zero-order valence-electron chi connectivity index (χ0n) is 12.0. The molecule has 2 N–H and O–H groups in total. The molecule has 0 aliphatic carbocycles. The van der Waals surface area contributed by atoms with Crippen LogP contribution in [0.2, 0.25) is 10.0 Å². The Balaban J connectivity index is 1.71. The van der Waals surface area contributed by atoms with E-state index in [1.54, 1.807) is 18.2 Å². The minimum atomic E-state index is -0.621. The van der Waals surface area contributed by atoms with Gasteiger partial charge in [-0.05, 0) is 31.9 Å². The predicted molar refractivity (Wildman–Crippen MR) is 84.4 cm³/mol. The maximum absolute atomic E-state index is 9.96. The summed E-state index contributed by atoms with van der Waals surface area (Å²) < 4.78 is 11.1. The van der Waals surface area contributed by atoms with E-state index in [1.807, 2.05) is 0 Å². The minimum absolute atomic E-state index is 0.158. The van der Waals surface area contributed by atoms with Crippen LogP contribution in [0.15, 0.2) is 18.2 Å². The molecule has 4 nitrogen and oxygen atoms in total. The van der Waals surface area contributed by atoms with Crippen LogP contribution >= 0.6 is 23.2 Å². The molecule has 1 fully saturated rings. The summed E-state index contributed by atoms with van der Waals surface area (Å²) in [7, 11) is 0. The Bertz CT molecular complexity index is 453. The van der Waals surface area contributed by atoms with E-state index in [0.29, 0.717) is 22.3 Å². The van der Waals surface area contributed by atoms with Crippen molar-refractivity contribution in [1.82, 2.24) is 5.32 Å². The average Bonchev–Trinajstić information content (AvgIpc) is 3.00. The zero-order chi connectivity index (χ0) is 15.2. The number of halogens is 2. The predicted octanol–water partition coefficient (Wildman–Crippen LogP) is 2.89. The molecule has 1 aromatic carbocycles. The van der Waals surface area contributed by atoms with Gasteiger partial charge in [0.05, 0.1) is 11.1 Å². The van der Waals surface area contributed by atoms with Crippen LogP contribution in [-0.2, 0) is 4.74 Å². The van der Waals surface area contributed by atoms with Crippen molar-refractivity contribution in [3.63, 3.8) is 0 Å². The monoisotopic (exact) mass is 333 g/mol. The minimum Gasteiger partial charge on any atom is -0.489 e. The lowest BCUT2D eigenvalue weighted by molar-refractivity contribution is 0.0675. The third-order valence-electron chi connectivity index (χ3n) is 3.52. The third kappa shape index (κ3) is 5.31. The number of rotatable bonds is 7. The summed E-state index contributed by atoms with van der Waals surface area (Å²) in [5.41, 5.74) is 0. The van der Waals surface area contributed by atoms with Gasteiger partial charge in [-0.2, -0.15) is 0 Å². The average molecular weight is 334 g/mol. The molecule has 0 spiro atoms. The van der Waals surface area contributed by atoms with Crippen LogP contribution in [0.25, 0.3) is 0 Å². The van der Waals surface area contributed by atoms with Crippen molar-refractivity contribution in [3.8, 4) is 5.75 Å². The van der Waals surface area contributed by atoms with Gasteiger partial charge in [-0.3, -0.25) is 0 Å². The Morgan fingerprint density at radius 3 is 3.00 bits per heavy atom. The summed E-state index contributed by atoms with van der Waals surface area (Å²) in [6.07, 6.45) is 1.79. The van der Waals surface area contributed by atoms with Crippen LogP contribution in [0.3, 0.4) is 0 Å². The van der Waals surface area contributed by atoms with Crippen LogP contribution in [0.4, 0.5) is 0 Å². The quantitative estimate of drug-likeness (QED) is 0.805. The topological polar surface area (TPSA) is 50.7 Å². The van der Waals surface area contributed by atoms with Crippen LogP contribution in [0.5, 0.6) is 5.75 Å². The molecule has 6 heteroatoms. The molecule has 1 saturated heterocycles. The third-order valence-corrected chi connectivity index (χ3v) is 4.07. The number of hydrogen-bond acceptors (Lipinski definition) is 4. The molecule has 3 atom stereocenters. The molecule has 0 bridgehead atoms. The van der Waals surface area contributed by atoms with Crippen molar-refractivity contribution in [1.29, 1.82) is 0 Å². The lowest BCUT2D eigenvalue weighted by Crippen LogP contribution is -2.42. The Morgan fingerprint density at radius 1 is 1.48 bits per heavy atom. The molecule has 1 heterocycles. The second-order valence-corrected chi connectivity index (χ2v) is 6.13. The highest BCUT2D eigenvalue weighted by atomic mass is 35.5. The van der Waals surface area contributed by atoms with E-state index in [1.165, 1.54) is 0 Å². The standard InChI is InChI=1S/C15H21Cl2NO3/c1-10(14-3-2-6-20-14)18-8-12(19)9-21-15-7-11(16)4-5-13(15)17/h4-5,7,10,12,14,18-19H,2-3,6,8-9H2,1H3. The van der Waals surface area contributed by atoms with E-state index in [2.05, 4.69) is 12.2 Å². The number of ether oxygens (including phenoxy) is 2. The number of aliphatic hydroxyl groups excluding tert-OH is 1. The Kier molecular flexibility index (Phi) is 6.58. The highest BCUT2D eigenvalue weighted by Crippen LogP contribution is 2.27. The number of hydrogen-bond donors (Lipinski definition) is 2. The fourth-order valence-electron chi connectivity index (χ4n) is 2.28. The highest BCUT2D eigenvalue weighted by Gasteiger charge is 2.22. The molecule has 0 aromatic heterocycles. The Labute approximate surface area is 135 Å². The van der Waals surface area contributed by atoms with E-state index in [9.17, 15) is 5.11 Å². The van der Waals surface area contributed by atoms with E-state index < -0.39 is 6.10 Å². The first-order chi connectivity index (χ1) is 10.1. The summed E-state index contributed by atoms with van der Waals surface area (Å²) >= 11 is 11.9. The molecule has 0 amide bonds. The second kappa shape index (κ2) is 8.20. The van der Waals surface area contributed by atoms with Gasteiger partial charge in [0, 0.05) is 30.3 Å². The molecule has 3 unspecified atom stereocenters. The van der Waals surface area contributed by atoms with Crippen molar-refractivity contribution in [3.05, 3.63) is 28.2 Å². The maximum Gasteiger partial charge on any atom is 0.139 e. The normalized spacial score (nSPS) is 21.2. The first-order valence-electron chi connectivity index (χ1n) is 7.17. The van der Waals surface area contributed by atoms with Crippen molar-refractivity contribution >= 4 is 23.2 Å². The molecular weight excluding hydrogens is 313 g/mol. The SMILES string of the molecule is CC(NCC(O)COc1cc(Cl)ccc1Cl)C1CCCO1. The van der Waals surface area contributed by atoms with Crippen molar-refractivity contribution in [2.75, 3.05) is 19.8 Å². The zero-order valence-corrected chi connectivity index (χ0v) is 13.5. The van der Waals surface area contributed by atoms with E-state index in [-0.39, 0.29) is 18.8 Å². The van der Waals surface area contributed by atoms with Gasteiger partial charge < -0.3 is 19.9 Å². The molecular formula is C15H21Cl2NO3. The van der Waals surface area contributed by atoms with Gasteiger partial charge in [0.1, 0.15) is 18.5 Å². The van der Waals surface area contributed by atoms with Crippen molar-refractivity contribution in [2.24, 2.45) is 0 Å². The van der Waals surface area contributed by atoms with Gasteiger partial charge in [0.15, 0.2) is 0 Å². The van der Waals surface area contributed by atoms with E-state index in [0.717, 1.165) is 19.4 Å². The molecule has 0 radical (unpaired) electrons. The van der Waals surface area contributed by atoms with Gasteiger partial charge in [0.2, 0.25) is 0 Å². The molecule has 118 valence electrons. The molecule has 1 aromatic rings. The molecule has 0 saturated carbocycles. The summed E-state index contributed by atoms with van der Waals surface area (Å²) in [6.45, 7) is 3.50. The fraction of sp³-hybridized carbons (Fsp3) is 0.600. The van der Waals surface area contributed by atoms with E-state index in [4.69, 9.17) is 32.7 Å². The largest absolute Gasteiger partial charge is 0.489 e. The van der Waals surface area contributed by atoms with E-state index >= 15 is 0 Å². The molecule has 1 aliphatic rings. The number of aliphatic hydroxyl groups is 1. The summed E-state index contributed by atoms with van der Waals surface area (Å²) in [5.74, 6) is 0.482. The number of benzene rings is 1.